The Morgan fingerprint density at radius 3 is 2.40 bits per heavy atom. The van der Waals surface area contributed by atoms with Gasteiger partial charge in [-0.05, 0) is 29.7 Å². The molecule has 2 nitrogen and oxygen atoms in total. The molecule has 0 bridgehead atoms. The highest BCUT2D eigenvalue weighted by molar-refractivity contribution is 6.30. The van der Waals surface area contributed by atoms with Gasteiger partial charge in [0.1, 0.15) is 5.82 Å². The van der Waals surface area contributed by atoms with Gasteiger partial charge < -0.3 is 9.47 Å². The summed E-state index contributed by atoms with van der Waals surface area (Å²) in [6, 6.07) is 12.6. The van der Waals surface area contributed by atoms with Crippen LogP contribution in [0.1, 0.15) is 31.6 Å². The summed E-state index contributed by atoms with van der Waals surface area (Å²) in [5.74, 6) is -0.0940. The van der Waals surface area contributed by atoms with Crippen LogP contribution in [-0.2, 0) is 9.47 Å². The normalized spacial score (nSPS) is 20.9. The van der Waals surface area contributed by atoms with E-state index in [0.29, 0.717) is 19.1 Å². The van der Waals surface area contributed by atoms with Crippen molar-refractivity contribution >= 4 is 11.6 Å². The quantitative estimate of drug-likeness (QED) is 0.594. The molecule has 0 N–H and O–H groups in total. The molecule has 1 fully saturated rings. The van der Waals surface area contributed by atoms with Crippen LogP contribution in [0.5, 0.6) is 0 Å². The maximum absolute atomic E-state index is 13.6. The fourth-order valence-corrected chi connectivity index (χ4v) is 2.90. The molecule has 4 heteroatoms. The third kappa shape index (κ3) is 4.69. The number of allylic oxidation sites excluding steroid dienone is 1. The second-order valence-electron chi connectivity index (χ2n) is 6.23. The SMILES string of the molecule is CCCC=CC1COC(c2ccc(-c3ccc(Cl)c(F)c3)cc2)OC1. The zero-order chi connectivity index (χ0) is 17.6. The van der Waals surface area contributed by atoms with E-state index < -0.39 is 5.82 Å². The van der Waals surface area contributed by atoms with E-state index in [9.17, 15) is 4.39 Å². The summed E-state index contributed by atoms with van der Waals surface area (Å²) >= 11 is 5.73. The summed E-state index contributed by atoms with van der Waals surface area (Å²) in [6.07, 6.45) is 6.27. The first-order valence-electron chi connectivity index (χ1n) is 8.62. The van der Waals surface area contributed by atoms with E-state index in [1.54, 1.807) is 12.1 Å². The van der Waals surface area contributed by atoms with E-state index in [2.05, 4.69) is 19.1 Å². The second kappa shape index (κ2) is 8.61. The Labute approximate surface area is 153 Å². The van der Waals surface area contributed by atoms with Gasteiger partial charge in [-0.2, -0.15) is 0 Å². The van der Waals surface area contributed by atoms with Crippen molar-refractivity contribution in [3.63, 3.8) is 0 Å². The molecular formula is C21H22ClFO2. The Bertz CT molecular complexity index is 719. The van der Waals surface area contributed by atoms with Crippen molar-refractivity contribution in [1.29, 1.82) is 0 Å². The zero-order valence-electron chi connectivity index (χ0n) is 14.3. The third-order valence-electron chi connectivity index (χ3n) is 4.22. The molecule has 2 aromatic carbocycles. The van der Waals surface area contributed by atoms with Crippen molar-refractivity contribution in [3.8, 4) is 11.1 Å². The van der Waals surface area contributed by atoms with Crippen LogP contribution in [0.15, 0.2) is 54.6 Å². The van der Waals surface area contributed by atoms with Crippen LogP contribution >= 0.6 is 11.6 Å². The van der Waals surface area contributed by atoms with E-state index in [0.717, 1.165) is 29.5 Å². The molecule has 1 aliphatic heterocycles. The number of hydrogen-bond donors (Lipinski definition) is 0. The van der Waals surface area contributed by atoms with Crippen molar-refractivity contribution in [2.45, 2.75) is 26.1 Å². The summed E-state index contributed by atoms with van der Waals surface area (Å²) in [5, 5.41) is 0.131. The summed E-state index contributed by atoms with van der Waals surface area (Å²) in [7, 11) is 0. The lowest BCUT2D eigenvalue weighted by atomic mass is 10.0. The maximum atomic E-state index is 13.6. The summed E-state index contributed by atoms with van der Waals surface area (Å²) in [4.78, 5) is 0. The minimum absolute atomic E-state index is 0.131. The molecule has 1 heterocycles. The van der Waals surface area contributed by atoms with Gasteiger partial charge in [0.25, 0.3) is 0 Å². The molecule has 1 saturated heterocycles. The highest BCUT2D eigenvalue weighted by atomic mass is 35.5. The Balaban J connectivity index is 1.62. The fourth-order valence-electron chi connectivity index (χ4n) is 2.79. The van der Waals surface area contributed by atoms with Crippen molar-refractivity contribution in [1.82, 2.24) is 0 Å². The zero-order valence-corrected chi connectivity index (χ0v) is 15.0. The molecule has 132 valence electrons. The first kappa shape index (κ1) is 18.1. The highest BCUT2D eigenvalue weighted by Gasteiger charge is 2.21. The van der Waals surface area contributed by atoms with Crippen LogP contribution in [0.25, 0.3) is 11.1 Å². The summed E-state index contributed by atoms with van der Waals surface area (Å²) in [5.41, 5.74) is 2.68. The molecular weight excluding hydrogens is 339 g/mol. The second-order valence-corrected chi connectivity index (χ2v) is 6.63. The molecule has 0 aliphatic carbocycles. The van der Waals surface area contributed by atoms with Gasteiger partial charge in [0, 0.05) is 11.5 Å². The molecule has 0 atom stereocenters. The van der Waals surface area contributed by atoms with E-state index in [4.69, 9.17) is 21.1 Å². The van der Waals surface area contributed by atoms with E-state index >= 15 is 0 Å². The number of benzene rings is 2. The number of hydrogen-bond acceptors (Lipinski definition) is 2. The predicted octanol–water partition coefficient (Wildman–Crippen LogP) is 6.16. The van der Waals surface area contributed by atoms with Gasteiger partial charge in [0.2, 0.25) is 0 Å². The first-order valence-corrected chi connectivity index (χ1v) is 9.00. The topological polar surface area (TPSA) is 18.5 Å². The molecule has 25 heavy (non-hydrogen) atoms. The predicted molar refractivity (Wildman–Crippen MR) is 99.0 cm³/mol. The maximum Gasteiger partial charge on any atom is 0.183 e. The van der Waals surface area contributed by atoms with Crippen LogP contribution in [-0.4, -0.2) is 13.2 Å². The lowest BCUT2D eigenvalue weighted by Gasteiger charge is -2.28. The lowest BCUT2D eigenvalue weighted by molar-refractivity contribution is -0.197. The van der Waals surface area contributed by atoms with Crippen molar-refractivity contribution in [2.75, 3.05) is 13.2 Å². The van der Waals surface area contributed by atoms with Gasteiger partial charge in [-0.25, -0.2) is 4.39 Å². The van der Waals surface area contributed by atoms with Crippen LogP contribution in [0.2, 0.25) is 5.02 Å². The molecule has 0 saturated carbocycles. The van der Waals surface area contributed by atoms with Crippen LogP contribution in [0.3, 0.4) is 0 Å². The van der Waals surface area contributed by atoms with Gasteiger partial charge in [-0.3, -0.25) is 0 Å². The summed E-state index contributed by atoms with van der Waals surface area (Å²) in [6.45, 7) is 3.49. The minimum Gasteiger partial charge on any atom is -0.348 e. The largest absolute Gasteiger partial charge is 0.348 e. The lowest BCUT2D eigenvalue weighted by Crippen LogP contribution is -2.25. The first-order chi connectivity index (χ1) is 12.2. The van der Waals surface area contributed by atoms with E-state index in [1.807, 2.05) is 24.3 Å². The molecule has 0 radical (unpaired) electrons. The van der Waals surface area contributed by atoms with Crippen molar-refractivity contribution < 1.29 is 13.9 Å². The number of ether oxygens (including phenoxy) is 2. The van der Waals surface area contributed by atoms with E-state index in [-0.39, 0.29) is 11.3 Å². The van der Waals surface area contributed by atoms with Gasteiger partial charge in [0.05, 0.1) is 18.2 Å². The van der Waals surface area contributed by atoms with Gasteiger partial charge in [0.15, 0.2) is 6.29 Å². The molecule has 0 amide bonds. The van der Waals surface area contributed by atoms with Crippen molar-refractivity contribution in [3.05, 3.63) is 71.0 Å². The van der Waals surface area contributed by atoms with Crippen LogP contribution < -0.4 is 0 Å². The number of unbranched alkanes of at least 4 members (excludes halogenated alkanes) is 1. The standard InChI is InChI=1S/C21H22ClFO2/c1-2-3-4-5-15-13-24-21(25-14-15)17-8-6-16(7-9-17)18-10-11-19(22)20(23)12-18/h4-12,15,21H,2-3,13-14H2,1H3. The molecule has 0 aromatic heterocycles. The monoisotopic (exact) mass is 360 g/mol. The van der Waals surface area contributed by atoms with E-state index in [1.165, 1.54) is 6.07 Å². The Kier molecular flexibility index (Phi) is 6.24. The van der Waals surface area contributed by atoms with Gasteiger partial charge in [-0.1, -0.05) is 67.4 Å². The van der Waals surface area contributed by atoms with Crippen LogP contribution in [0, 0.1) is 11.7 Å². The third-order valence-corrected chi connectivity index (χ3v) is 4.53. The minimum atomic E-state index is -0.413. The highest BCUT2D eigenvalue weighted by Crippen LogP contribution is 2.29. The fraction of sp³-hybridized carbons (Fsp3) is 0.333. The summed E-state index contributed by atoms with van der Waals surface area (Å²) < 4.78 is 25.3. The number of rotatable bonds is 5. The molecule has 0 spiro atoms. The average Bonchev–Trinajstić information content (AvgIpc) is 2.65. The van der Waals surface area contributed by atoms with Crippen LogP contribution in [0.4, 0.5) is 4.39 Å². The Morgan fingerprint density at radius 2 is 1.76 bits per heavy atom. The number of halogens is 2. The average molecular weight is 361 g/mol. The Morgan fingerprint density at radius 1 is 1.08 bits per heavy atom. The Hall–Kier alpha value is -1.68. The molecule has 0 unspecified atom stereocenters. The molecule has 3 rings (SSSR count). The van der Waals surface area contributed by atoms with Gasteiger partial charge >= 0.3 is 0 Å². The molecule has 2 aromatic rings. The van der Waals surface area contributed by atoms with Crippen molar-refractivity contribution in [2.24, 2.45) is 5.92 Å². The van der Waals surface area contributed by atoms with Gasteiger partial charge in [-0.15, -0.1) is 0 Å². The smallest absolute Gasteiger partial charge is 0.183 e. The molecule has 1 aliphatic rings.